The predicted molar refractivity (Wildman–Crippen MR) is 73.2 cm³/mol. The second-order valence-electron chi connectivity index (χ2n) is 4.83. The number of pyridine rings is 1. The van der Waals surface area contributed by atoms with E-state index >= 15 is 0 Å². The van der Waals surface area contributed by atoms with Crippen molar-refractivity contribution in [3.05, 3.63) is 24.4 Å². The smallest absolute Gasteiger partial charge is 0.239 e. The first kappa shape index (κ1) is 14.4. The molecule has 100 valence electrons. The number of hydrogen-bond acceptors (Lipinski definition) is 4. The number of nitrogens with zero attached hydrogens (tertiary/aromatic N) is 1. The van der Waals surface area contributed by atoms with Gasteiger partial charge in [-0.05, 0) is 38.8 Å². The maximum Gasteiger partial charge on any atom is 0.239 e. The highest BCUT2D eigenvalue weighted by molar-refractivity contribution is 5.84. The number of anilines is 1. The second-order valence-corrected chi connectivity index (χ2v) is 4.83. The van der Waals surface area contributed by atoms with Crippen LogP contribution in [-0.2, 0) is 4.79 Å². The lowest BCUT2D eigenvalue weighted by atomic mass is 10.1. The molecule has 0 spiro atoms. The van der Waals surface area contributed by atoms with Crippen LogP contribution >= 0.6 is 0 Å². The third-order valence-electron chi connectivity index (χ3n) is 2.45. The zero-order chi connectivity index (χ0) is 13.4. The SMILES string of the molecule is CC(C)(N)C(=O)NCCCCNc1ccccn1. The van der Waals surface area contributed by atoms with E-state index in [0.717, 1.165) is 25.2 Å². The van der Waals surface area contributed by atoms with Crippen LogP contribution in [0.5, 0.6) is 0 Å². The van der Waals surface area contributed by atoms with Crippen LogP contribution in [0.15, 0.2) is 24.4 Å². The molecule has 5 nitrogen and oxygen atoms in total. The molecule has 4 N–H and O–H groups in total. The second kappa shape index (κ2) is 6.96. The van der Waals surface area contributed by atoms with Gasteiger partial charge in [-0.25, -0.2) is 4.98 Å². The van der Waals surface area contributed by atoms with Crippen molar-refractivity contribution in [3.8, 4) is 0 Å². The molecular weight excluding hydrogens is 228 g/mol. The van der Waals surface area contributed by atoms with Gasteiger partial charge in [-0.15, -0.1) is 0 Å². The molecule has 5 heteroatoms. The molecule has 0 fully saturated rings. The predicted octanol–water partition coefficient (Wildman–Crippen LogP) is 1.13. The highest BCUT2D eigenvalue weighted by atomic mass is 16.2. The highest BCUT2D eigenvalue weighted by Gasteiger charge is 2.20. The Morgan fingerprint density at radius 3 is 2.67 bits per heavy atom. The minimum absolute atomic E-state index is 0.111. The standard InChI is InChI=1S/C13H22N4O/c1-13(2,14)12(18)17-10-6-5-9-16-11-7-3-4-8-15-11/h3-4,7-8H,5-6,9-10,14H2,1-2H3,(H,15,16)(H,17,18). The molecule has 1 aromatic heterocycles. The Balaban J connectivity index is 2.05. The number of carbonyl (C=O) groups excluding carboxylic acids is 1. The van der Waals surface area contributed by atoms with Crippen LogP contribution in [0.25, 0.3) is 0 Å². The van der Waals surface area contributed by atoms with Gasteiger partial charge in [-0.3, -0.25) is 4.79 Å². The molecule has 1 amide bonds. The molecule has 0 radical (unpaired) electrons. The average molecular weight is 250 g/mol. The van der Waals surface area contributed by atoms with E-state index in [0.29, 0.717) is 6.54 Å². The molecule has 0 saturated carbocycles. The van der Waals surface area contributed by atoms with Gasteiger partial charge in [-0.2, -0.15) is 0 Å². The van der Waals surface area contributed by atoms with Gasteiger partial charge < -0.3 is 16.4 Å². The number of carbonyl (C=O) groups is 1. The van der Waals surface area contributed by atoms with Gasteiger partial charge in [-0.1, -0.05) is 6.07 Å². The number of nitrogens with one attached hydrogen (secondary N) is 2. The van der Waals surface area contributed by atoms with Crippen molar-refractivity contribution in [2.24, 2.45) is 5.73 Å². The Morgan fingerprint density at radius 1 is 1.33 bits per heavy atom. The summed E-state index contributed by atoms with van der Waals surface area (Å²) in [5.41, 5.74) is 4.86. The fraction of sp³-hybridized carbons (Fsp3) is 0.538. The summed E-state index contributed by atoms with van der Waals surface area (Å²) >= 11 is 0. The molecule has 0 unspecified atom stereocenters. The van der Waals surface area contributed by atoms with Crippen molar-refractivity contribution in [2.45, 2.75) is 32.2 Å². The maximum absolute atomic E-state index is 11.5. The number of aromatic nitrogens is 1. The Bertz CT molecular complexity index is 359. The Hall–Kier alpha value is -1.62. The lowest BCUT2D eigenvalue weighted by Crippen LogP contribution is -2.49. The summed E-state index contributed by atoms with van der Waals surface area (Å²) in [7, 11) is 0. The molecular formula is C13H22N4O. The number of rotatable bonds is 7. The van der Waals surface area contributed by atoms with E-state index in [1.54, 1.807) is 20.0 Å². The summed E-state index contributed by atoms with van der Waals surface area (Å²) in [6.07, 6.45) is 3.65. The third-order valence-corrected chi connectivity index (χ3v) is 2.45. The van der Waals surface area contributed by atoms with Crippen LogP contribution < -0.4 is 16.4 Å². The molecule has 0 atom stereocenters. The fourth-order valence-electron chi connectivity index (χ4n) is 1.36. The molecule has 0 saturated heterocycles. The average Bonchev–Trinajstić information content (AvgIpc) is 2.33. The largest absolute Gasteiger partial charge is 0.370 e. The summed E-state index contributed by atoms with van der Waals surface area (Å²) in [6.45, 7) is 4.90. The van der Waals surface area contributed by atoms with Gasteiger partial charge in [0.2, 0.25) is 5.91 Å². The van der Waals surface area contributed by atoms with Gasteiger partial charge in [0.25, 0.3) is 0 Å². The number of amides is 1. The number of hydrogen-bond donors (Lipinski definition) is 3. The van der Waals surface area contributed by atoms with Crippen LogP contribution in [0.1, 0.15) is 26.7 Å². The topological polar surface area (TPSA) is 80.0 Å². The van der Waals surface area contributed by atoms with E-state index in [9.17, 15) is 4.79 Å². The van der Waals surface area contributed by atoms with Crippen molar-refractivity contribution in [1.29, 1.82) is 0 Å². The molecule has 0 aliphatic heterocycles. The van der Waals surface area contributed by atoms with Gasteiger partial charge in [0.05, 0.1) is 5.54 Å². The van der Waals surface area contributed by atoms with E-state index in [4.69, 9.17) is 5.73 Å². The molecule has 1 rings (SSSR count). The summed E-state index contributed by atoms with van der Waals surface area (Å²) in [5.74, 6) is 0.768. The normalized spacial score (nSPS) is 11.1. The quantitative estimate of drug-likeness (QED) is 0.634. The lowest BCUT2D eigenvalue weighted by molar-refractivity contribution is -0.125. The Labute approximate surface area is 108 Å². The van der Waals surface area contributed by atoms with Crippen molar-refractivity contribution >= 4 is 11.7 Å². The zero-order valence-corrected chi connectivity index (χ0v) is 11.1. The van der Waals surface area contributed by atoms with E-state index in [-0.39, 0.29) is 5.91 Å². The van der Waals surface area contributed by atoms with Crippen LogP contribution in [-0.4, -0.2) is 29.5 Å². The van der Waals surface area contributed by atoms with Crippen LogP contribution in [0, 0.1) is 0 Å². The number of nitrogens with two attached hydrogens (primary N) is 1. The van der Waals surface area contributed by atoms with E-state index in [1.807, 2.05) is 18.2 Å². The molecule has 1 heterocycles. The van der Waals surface area contributed by atoms with Gasteiger partial charge >= 0.3 is 0 Å². The summed E-state index contributed by atoms with van der Waals surface area (Å²) < 4.78 is 0. The first-order valence-corrected chi connectivity index (χ1v) is 6.22. The van der Waals surface area contributed by atoms with E-state index in [1.165, 1.54) is 0 Å². The van der Waals surface area contributed by atoms with Gasteiger partial charge in [0.1, 0.15) is 5.82 Å². The van der Waals surface area contributed by atoms with E-state index < -0.39 is 5.54 Å². The first-order valence-electron chi connectivity index (χ1n) is 6.22. The molecule has 0 aliphatic carbocycles. The first-order chi connectivity index (χ1) is 8.50. The molecule has 18 heavy (non-hydrogen) atoms. The minimum Gasteiger partial charge on any atom is -0.370 e. The Kier molecular flexibility index (Phi) is 5.58. The van der Waals surface area contributed by atoms with Crippen LogP contribution in [0.4, 0.5) is 5.82 Å². The molecule has 0 aliphatic rings. The van der Waals surface area contributed by atoms with Gasteiger partial charge in [0.15, 0.2) is 0 Å². The fourth-order valence-corrected chi connectivity index (χ4v) is 1.36. The molecule has 1 aromatic rings. The minimum atomic E-state index is -0.799. The zero-order valence-electron chi connectivity index (χ0n) is 11.1. The van der Waals surface area contributed by atoms with E-state index in [2.05, 4.69) is 15.6 Å². The molecule has 0 aromatic carbocycles. The summed E-state index contributed by atoms with van der Waals surface area (Å²) in [4.78, 5) is 15.6. The van der Waals surface area contributed by atoms with Crippen molar-refractivity contribution in [3.63, 3.8) is 0 Å². The monoisotopic (exact) mass is 250 g/mol. The highest BCUT2D eigenvalue weighted by Crippen LogP contribution is 2.00. The summed E-state index contributed by atoms with van der Waals surface area (Å²) in [6, 6.07) is 5.76. The summed E-state index contributed by atoms with van der Waals surface area (Å²) in [5, 5.41) is 6.03. The van der Waals surface area contributed by atoms with Crippen LogP contribution in [0.3, 0.4) is 0 Å². The third kappa shape index (κ3) is 5.63. The lowest BCUT2D eigenvalue weighted by Gasteiger charge is -2.17. The van der Waals surface area contributed by atoms with Crippen molar-refractivity contribution < 1.29 is 4.79 Å². The van der Waals surface area contributed by atoms with Crippen molar-refractivity contribution in [2.75, 3.05) is 18.4 Å². The molecule has 0 bridgehead atoms. The van der Waals surface area contributed by atoms with Gasteiger partial charge in [0, 0.05) is 19.3 Å². The Morgan fingerprint density at radius 2 is 2.06 bits per heavy atom. The number of unbranched alkanes of at least 4 members (excludes halogenated alkanes) is 1. The van der Waals surface area contributed by atoms with Crippen molar-refractivity contribution in [1.82, 2.24) is 10.3 Å². The maximum atomic E-state index is 11.5. The van der Waals surface area contributed by atoms with Crippen LogP contribution in [0.2, 0.25) is 0 Å².